The molecule has 5 heteroatoms. The van der Waals surface area contributed by atoms with Gasteiger partial charge in [-0.2, -0.15) is 0 Å². The van der Waals surface area contributed by atoms with Crippen LogP contribution in [-0.2, 0) is 12.8 Å². The molecule has 0 bridgehead atoms. The highest BCUT2D eigenvalue weighted by Gasteiger charge is 2.22. The molecule has 0 radical (unpaired) electrons. The third kappa shape index (κ3) is 2.45. The number of fused-ring (bicyclic) bond motifs is 1. The van der Waals surface area contributed by atoms with Crippen LogP contribution in [0.2, 0.25) is 0 Å². The maximum atomic E-state index is 11.5. The first-order valence-electron chi connectivity index (χ1n) is 7.81. The van der Waals surface area contributed by atoms with Crippen LogP contribution in [0.25, 0.3) is 16.2 Å². The fourth-order valence-electron chi connectivity index (χ4n) is 2.96. The van der Waals surface area contributed by atoms with Crippen LogP contribution in [0.15, 0.2) is 18.2 Å². The molecule has 0 aliphatic rings. The molecular formula is C18H20N2O2S. The zero-order valence-corrected chi connectivity index (χ0v) is 14.6. The lowest BCUT2D eigenvalue weighted by Gasteiger charge is -2.07. The second-order valence-electron chi connectivity index (χ2n) is 5.71. The number of carboxylic acids is 1. The first-order valence-corrected chi connectivity index (χ1v) is 8.63. The molecule has 120 valence electrons. The SMILES string of the molecule is CCc1c(-c2ccc(C)c(C)c2)nc2sc(C(=O)O)c(CC)n12. The lowest BCUT2D eigenvalue weighted by Crippen LogP contribution is -2.03. The Morgan fingerprint density at radius 1 is 1.17 bits per heavy atom. The molecule has 0 saturated heterocycles. The van der Waals surface area contributed by atoms with Gasteiger partial charge in [0.2, 0.25) is 0 Å². The Kier molecular flexibility index (Phi) is 3.98. The summed E-state index contributed by atoms with van der Waals surface area (Å²) in [6.45, 7) is 8.28. The van der Waals surface area contributed by atoms with Gasteiger partial charge in [-0.3, -0.25) is 4.40 Å². The quantitative estimate of drug-likeness (QED) is 0.767. The first-order chi connectivity index (χ1) is 11.0. The molecule has 0 amide bonds. The van der Waals surface area contributed by atoms with Crippen molar-refractivity contribution >= 4 is 22.3 Å². The van der Waals surface area contributed by atoms with E-state index in [0.29, 0.717) is 11.3 Å². The highest BCUT2D eigenvalue weighted by Crippen LogP contribution is 2.32. The third-order valence-corrected chi connectivity index (χ3v) is 5.38. The lowest BCUT2D eigenvalue weighted by atomic mass is 10.0. The van der Waals surface area contributed by atoms with Crippen LogP contribution >= 0.6 is 11.3 Å². The molecule has 0 aliphatic carbocycles. The number of carboxylic acid groups (broad SMARTS) is 1. The second-order valence-corrected chi connectivity index (χ2v) is 6.69. The highest BCUT2D eigenvalue weighted by molar-refractivity contribution is 7.19. The lowest BCUT2D eigenvalue weighted by molar-refractivity contribution is 0.0700. The Morgan fingerprint density at radius 2 is 1.87 bits per heavy atom. The van der Waals surface area contributed by atoms with E-state index in [1.54, 1.807) is 0 Å². The number of carbonyl (C=O) groups is 1. The van der Waals surface area contributed by atoms with Gasteiger partial charge in [0.25, 0.3) is 0 Å². The molecule has 0 saturated carbocycles. The van der Waals surface area contributed by atoms with Crippen molar-refractivity contribution in [3.8, 4) is 11.3 Å². The van der Waals surface area contributed by atoms with Gasteiger partial charge in [0, 0.05) is 11.3 Å². The normalized spacial score (nSPS) is 11.3. The fraction of sp³-hybridized carbons (Fsp3) is 0.333. The number of imidazole rings is 1. The topological polar surface area (TPSA) is 54.6 Å². The monoisotopic (exact) mass is 328 g/mol. The second kappa shape index (κ2) is 5.81. The average molecular weight is 328 g/mol. The van der Waals surface area contributed by atoms with Crippen molar-refractivity contribution < 1.29 is 9.90 Å². The largest absolute Gasteiger partial charge is 0.477 e. The molecule has 1 N–H and O–H groups in total. The van der Waals surface area contributed by atoms with Crippen molar-refractivity contribution in [2.75, 3.05) is 0 Å². The third-order valence-electron chi connectivity index (χ3n) is 4.31. The molecule has 3 rings (SSSR count). The van der Waals surface area contributed by atoms with Crippen molar-refractivity contribution in [1.82, 2.24) is 9.38 Å². The molecule has 4 nitrogen and oxygen atoms in total. The maximum absolute atomic E-state index is 11.5. The minimum Gasteiger partial charge on any atom is -0.477 e. The van der Waals surface area contributed by atoms with E-state index in [2.05, 4.69) is 39.0 Å². The molecule has 0 unspecified atom stereocenters. The number of hydrogen-bond acceptors (Lipinski definition) is 3. The Labute approximate surface area is 139 Å². The van der Waals surface area contributed by atoms with Gasteiger partial charge in [-0.25, -0.2) is 9.78 Å². The van der Waals surface area contributed by atoms with Gasteiger partial charge in [-0.1, -0.05) is 37.3 Å². The van der Waals surface area contributed by atoms with E-state index < -0.39 is 5.97 Å². The Bertz CT molecular complexity index is 906. The van der Waals surface area contributed by atoms with Crippen LogP contribution in [0.4, 0.5) is 0 Å². The summed E-state index contributed by atoms with van der Waals surface area (Å²) in [4.78, 5) is 17.4. The van der Waals surface area contributed by atoms with E-state index in [0.717, 1.165) is 34.0 Å². The zero-order chi connectivity index (χ0) is 16.7. The van der Waals surface area contributed by atoms with E-state index >= 15 is 0 Å². The van der Waals surface area contributed by atoms with Gasteiger partial charge in [0.1, 0.15) is 4.88 Å². The average Bonchev–Trinajstić information content (AvgIpc) is 3.05. The zero-order valence-electron chi connectivity index (χ0n) is 13.8. The van der Waals surface area contributed by atoms with E-state index in [1.165, 1.54) is 22.5 Å². The van der Waals surface area contributed by atoms with Crippen LogP contribution in [0.1, 0.15) is 46.0 Å². The molecule has 0 aliphatic heterocycles. The summed E-state index contributed by atoms with van der Waals surface area (Å²) in [5.74, 6) is -0.868. The van der Waals surface area contributed by atoms with Crippen LogP contribution in [0.3, 0.4) is 0 Å². The Morgan fingerprint density at radius 3 is 2.43 bits per heavy atom. The molecule has 2 heterocycles. The molecule has 3 aromatic rings. The predicted molar refractivity (Wildman–Crippen MR) is 93.7 cm³/mol. The number of benzene rings is 1. The fourth-order valence-corrected chi connectivity index (χ4v) is 4.03. The number of aromatic carboxylic acids is 1. The van der Waals surface area contributed by atoms with Crippen molar-refractivity contribution in [3.05, 3.63) is 45.6 Å². The number of aromatic nitrogens is 2. The summed E-state index contributed by atoms with van der Waals surface area (Å²) >= 11 is 1.26. The van der Waals surface area contributed by atoms with Gasteiger partial charge in [-0.15, -0.1) is 0 Å². The minimum atomic E-state index is -0.868. The molecule has 1 aromatic carbocycles. The standard InChI is InChI=1S/C18H20N2O2S/c1-5-13-15(12-8-7-10(3)11(4)9-12)19-18-20(13)14(6-2)16(23-18)17(21)22/h7-9H,5-6H2,1-4H3,(H,21,22). The summed E-state index contributed by atoms with van der Waals surface area (Å²) in [6.07, 6.45) is 1.49. The summed E-state index contributed by atoms with van der Waals surface area (Å²) in [5.41, 5.74) is 6.49. The number of aryl methyl sites for hydroxylation is 4. The van der Waals surface area contributed by atoms with Gasteiger partial charge >= 0.3 is 5.97 Å². The maximum Gasteiger partial charge on any atom is 0.347 e. The molecule has 0 atom stereocenters. The molecule has 0 fully saturated rings. The predicted octanol–water partition coefficient (Wildman–Crippen LogP) is 4.50. The van der Waals surface area contributed by atoms with Crippen LogP contribution < -0.4 is 0 Å². The van der Waals surface area contributed by atoms with E-state index in [4.69, 9.17) is 4.98 Å². The number of rotatable bonds is 4. The Hall–Kier alpha value is -2.14. The molecule has 23 heavy (non-hydrogen) atoms. The van der Waals surface area contributed by atoms with Gasteiger partial charge < -0.3 is 5.11 Å². The van der Waals surface area contributed by atoms with Crippen molar-refractivity contribution in [2.24, 2.45) is 0 Å². The molecule has 0 spiro atoms. The first kappa shape index (κ1) is 15.7. The smallest absolute Gasteiger partial charge is 0.347 e. The van der Waals surface area contributed by atoms with E-state index in [1.807, 2.05) is 11.3 Å². The summed E-state index contributed by atoms with van der Waals surface area (Å²) in [5, 5.41) is 9.40. The van der Waals surface area contributed by atoms with Crippen LogP contribution in [0, 0.1) is 13.8 Å². The minimum absolute atomic E-state index is 0.399. The van der Waals surface area contributed by atoms with Crippen LogP contribution in [0.5, 0.6) is 0 Å². The van der Waals surface area contributed by atoms with Crippen LogP contribution in [-0.4, -0.2) is 20.5 Å². The van der Waals surface area contributed by atoms with Crippen molar-refractivity contribution in [2.45, 2.75) is 40.5 Å². The van der Waals surface area contributed by atoms with E-state index in [-0.39, 0.29) is 0 Å². The molecular weight excluding hydrogens is 308 g/mol. The Balaban J connectivity index is 2.29. The van der Waals surface area contributed by atoms with Gasteiger partial charge in [-0.05, 0) is 43.9 Å². The number of thiazole rings is 1. The van der Waals surface area contributed by atoms with Crippen molar-refractivity contribution in [3.63, 3.8) is 0 Å². The summed E-state index contributed by atoms with van der Waals surface area (Å²) in [7, 11) is 0. The number of hydrogen-bond donors (Lipinski definition) is 1. The summed E-state index contributed by atoms with van der Waals surface area (Å²) in [6, 6.07) is 6.36. The van der Waals surface area contributed by atoms with E-state index in [9.17, 15) is 9.90 Å². The van der Waals surface area contributed by atoms with Gasteiger partial charge in [0.15, 0.2) is 4.96 Å². The van der Waals surface area contributed by atoms with Gasteiger partial charge in [0.05, 0.1) is 11.4 Å². The highest BCUT2D eigenvalue weighted by atomic mass is 32.1. The molecule has 2 aromatic heterocycles. The summed E-state index contributed by atoms with van der Waals surface area (Å²) < 4.78 is 2.04. The van der Waals surface area contributed by atoms with Crippen molar-refractivity contribution in [1.29, 1.82) is 0 Å². The number of nitrogens with zero attached hydrogens (tertiary/aromatic N) is 2.